The van der Waals surface area contributed by atoms with E-state index in [2.05, 4.69) is 14.2 Å². The van der Waals surface area contributed by atoms with Crippen LogP contribution >= 0.6 is 0 Å². The normalized spacial score (nSPS) is 9.83. The van der Waals surface area contributed by atoms with Crippen molar-refractivity contribution in [2.45, 2.75) is 12.8 Å². The Bertz CT molecular complexity index is 357. The summed E-state index contributed by atoms with van der Waals surface area (Å²) in [6.07, 6.45) is 0.964. The average molecular weight is 260 g/mol. The average Bonchev–Trinajstić information content (AvgIpc) is 2.33. The van der Waals surface area contributed by atoms with E-state index in [-0.39, 0.29) is 12.8 Å². The van der Waals surface area contributed by atoms with Crippen molar-refractivity contribution in [2.75, 3.05) is 13.9 Å². The van der Waals surface area contributed by atoms with Crippen LogP contribution in [0.1, 0.15) is 12.8 Å². The molecule has 0 saturated heterocycles. The van der Waals surface area contributed by atoms with Gasteiger partial charge in [0.1, 0.15) is 0 Å². The highest BCUT2D eigenvalue weighted by molar-refractivity contribution is 5.91. The van der Waals surface area contributed by atoms with E-state index in [0.717, 1.165) is 19.3 Å². The summed E-state index contributed by atoms with van der Waals surface area (Å²) in [5, 5.41) is 8.28. The number of carbonyl (C=O) groups excluding carboxylic acids is 3. The van der Waals surface area contributed by atoms with Crippen LogP contribution in [-0.4, -0.2) is 42.9 Å². The predicted octanol–water partition coefficient (Wildman–Crippen LogP) is -0.376. The first-order valence-corrected chi connectivity index (χ1v) is 4.76. The zero-order valence-electron chi connectivity index (χ0n) is 9.58. The largest absolute Gasteiger partial charge is 0.481 e. The number of rotatable bonds is 7. The van der Waals surface area contributed by atoms with Crippen molar-refractivity contribution in [3.8, 4) is 0 Å². The molecule has 0 fully saturated rings. The highest BCUT2D eigenvalue weighted by Gasteiger charge is 2.07. The molecule has 8 nitrogen and oxygen atoms in total. The molecule has 0 rings (SSSR count). The third-order valence-corrected chi connectivity index (χ3v) is 1.52. The SMILES string of the molecule is COC(=O)/C=C/C(=O)OCOC(=O)CCC(=O)O. The van der Waals surface area contributed by atoms with Gasteiger partial charge in [0.05, 0.1) is 20.0 Å². The molecule has 0 amide bonds. The summed E-state index contributed by atoms with van der Waals surface area (Å²) in [5.41, 5.74) is 0. The molecule has 8 heteroatoms. The number of esters is 3. The predicted molar refractivity (Wildman–Crippen MR) is 55.1 cm³/mol. The quantitative estimate of drug-likeness (QED) is 0.374. The number of hydrogen-bond donors (Lipinski definition) is 1. The lowest BCUT2D eigenvalue weighted by molar-refractivity contribution is -0.165. The first-order chi connectivity index (χ1) is 8.45. The van der Waals surface area contributed by atoms with Crippen molar-refractivity contribution >= 4 is 23.9 Å². The Balaban J connectivity index is 3.74. The van der Waals surface area contributed by atoms with Gasteiger partial charge in [0, 0.05) is 12.2 Å². The number of carbonyl (C=O) groups is 4. The Morgan fingerprint density at radius 1 is 1.00 bits per heavy atom. The maximum absolute atomic E-state index is 10.9. The van der Waals surface area contributed by atoms with Crippen molar-refractivity contribution in [1.82, 2.24) is 0 Å². The molecule has 0 spiro atoms. The van der Waals surface area contributed by atoms with Gasteiger partial charge in [0.25, 0.3) is 0 Å². The summed E-state index contributed by atoms with van der Waals surface area (Å²) in [7, 11) is 1.14. The first-order valence-electron chi connectivity index (χ1n) is 4.76. The molecule has 0 aromatic carbocycles. The summed E-state index contributed by atoms with van der Waals surface area (Å²) < 4.78 is 13.0. The van der Waals surface area contributed by atoms with Gasteiger partial charge in [0.2, 0.25) is 6.79 Å². The second kappa shape index (κ2) is 8.74. The van der Waals surface area contributed by atoms with Crippen LogP contribution in [-0.2, 0) is 33.4 Å². The highest BCUT2D eigenvalue weighted by Crippen LogP contribution is 1.93. The van der Waals surface area contributed by atoms with Crippen LogP contribution in [0.25, 0.3) is 0 Å². The highest BCUT2D eigenvalue weighted by atomic mass is 16.7. The Kier molecular flexibility index (Phi) is 7.58. The number of ether oxygens (including phenoxy) is 3. The molecule has 0 bridgehead atoms. The molecule has 18 heavy (non-hydrogen) atoms. The fraction of sp³-hybridized carbons (Fsp3) is 0.400. The summed E-state index contributed by atoms with van der Waals surface area (Å²) in [6.45, 7) is -0.650. The van der Waals surface area contributed by atoms with Crippen LogP contribution in [0.5, 0.6) is 0 Å². The number of carboxylic acids is 1. The second-order valence-corrected chi connectivity index (χ2v) is 2.85. The zero-order valence-corrected chi connectivity index (χ0v) is 9.58. The number of carboxylic acid groups (broad SMARTS) is 1. The Morgan fingerprint density at radius 3 is 2.17 bits per heavy atom. The fourth-order valence-corrected chi connectivity index (χ4v) is 0.687. The van der Waals surface area contributed by atoms with Crippen molar-refractivity contribution < 1.29 is 38.5 Å². The minimum atomic E-state index is -1.13. The Hall–Kier alpha value is -2.38. The van der Waals surface area contributed by atoms with Gasteiger partial charge >= 0.3 is 23.9 Å². The van der Waals surface area contributed by atoms with E-state index < -0.39 is 30.7 Å². The van der Waals surface area contributed by atoms with Crippen molar-refractivity contribution in [3.63, 3.8) is 0 Å². The van der Waals surface area contributed by atoms with Gasteiger partial charge in [0.15, 0.2) is 0 Å². The molecule has 0 aliphatic heterocycles. The third kappa shape index (κ3) is 8.89. The van der Waals surface area contributed by atoms with Crippen LogP contribution in [0.15, 0.2) is 12.2 Å². The Labute approximate surface area is 102 Å². The van der Waals surface area contributed by atoms with Gasteiger partial charge in [-0.05, 0) is 0 Å². The molecule has 0 aromatic heterocycles. The minimum Gasteiger partial charge on any atom is -0.481 e. The molecule has 0 radical (unpaired) electrons. The first kappa shape index (κ1) is 15.6. The lowest BCUT2D eigenvalue weighted by Crippen LogP contribution is -2.12. The van der Waals surface area contributed by atoms with Gasteiger partial charge in [-0.2, -0.15) is 0 Å². The number of methoxy groups -OCH3 is 1. The summed E-state index contributed by atoms with van der Waals surface area (Å²) in [6, 6.07) is 0. The molecular weight excluding hydrogens is 248 g/mol. The number of aliphatic carboxylic acids is 1. The van der Waals surface area contributed by atoms with Gasteiger partial charge in [-0.15, -0.1) is 0 Å². The molecule has 100 valence electrons. The molecule has 0 heterocycles. The van der Waals surface area contributed by atoms with Crippen molar-refractivity contribution in [1.29, 1.82) is 0 Å². The fourth-order valence-electron chi connectivity index (χ4n) is 0.687. The maximum atomic E-state index is 10.9. The van der Waals surface area contributed by atoms with Crippen LogP contribution < -0.4 is 0 Å². The van der Waals surface area contributed by atoms with E-state index in [1.165, 1.54) is 0 Å². The smallest absolute Gasteiger partial charge is 0.333 e. The molecule has 0 aliphatic rings. The standard InChI is InChI=1S/C10H12O8/c1-16-8(13)4-5-10(15)18-6-17-9(14)3-2-7(11)12/h4-5H,2-3,6H2,1H3,(H,11,12)/b5-4+. The van der Waals surface area contributed by atoms with E-state index in [1.54, 1.807) is 0 Å². The topological polar surface area (TPSA) is 116 Å². The Morgan fingerprint density at radius 2 is 1.61 bits per heavy atom. The lowest BCUT2D eigenvalue weighted by Gasteiger charge is -2.03. The van der Waals surface area contributed by atoms with Crippen LogP contribution in [0.4, 0.5) is 0 Å². The van der Waals surface area contributed by atoms with Crippen LogP contribution in [0.3, 0.4) is 0 Å². The van der Waals surface area contributed by atoms with E-state index in [1.807, 2.05) is 0 Å². The van der Waals surface area contributed by atoms with E-state index >= 15 is 0 Å². The molecule has 0 saturated carbocycles. The molecule has 0 aromatic rings. The number of hydrogen-bond acceptors (Lipinski definition) is 7. The van der Waals surface area contributed by atoms with Gasteiger partial charge in [-0.1, -0.05) is 0 Å². The van der Waals surface area contributed by atoms with Gasteiger partial charge in [-0.3, -0.25) is 9.59 Å². The zero-order chi connectivity index (χ0) is 14.0. The van der Waals surface area contributed by atoms with E-state index in [0.29, 0.717) is 0 Å². The molecule has 0 unspecified atom stereocenters. The molecule has 0 aliphatic carbocycles. The minimum absolute atomic E-state index is 0.315. The van der Waals surface area contributed by atoms with Gasteiger partial charge in [-0.25, -0.2) is 9.59 Å². The van der Waals surface area contributed by atoms with Crippen LogP contribution in [0, 0.1) is 0 Å². The van der Waals surface area contributed by atoms with Crippen molar-refractivity contribution in [3.05, 3.63) is 12.2 Å². The third-order valence-electron chi connectivity index (χ3n) is 1.52. The molecular formula is C10H12O8. The summed E-state index contributed by atoms with van der Waals surface area (Å²) >= 11 is 0. The van der Waals surface area contributed by atoms with Crippen LogP contribution in [0.2, 0.25) is 0 Å². The molecule has 0 atom stereocenters. The monoisotopic (exact) mass is 260 g/mol. The summed E-state index contributed by atoms with van der Waals surface area (Å²) in [5.74, 6) is -3.57. The van der Waals surface area contributed by atoms with E-state index in [4.69, 9.17) is 5.11 Å². The summed E-state index contributed by atoms with van der Waals surface area (Å²) in [4.78, 5) is 42.5. The van der Waals surface area contributed by atoms with Gasteiger partial charge < -0.3 is 19.3 Å². The van der Waals surface area contributed by atoms with E-state index in [9.17, 15) is 19.2 Å². The lowest BCUT2D eigenvalue weighted by atomic mass is 10.3. The maximum Gasteiger partial charge on any atom is 0.333 e. The van der Waals surface area contributed by atoms with Crippen molar-refractivity contribution in [2.24, 2.45) is 0 Å². The second-order valence-electron chi connectivity index (χ2n) is 2.85. The molecule has 1 N–H and O–H groups in total.